The molecule has 3 aromatic heterocycles. The molecule has 1 amide bonds. The zero-order valence-electron chi connectivity index (χ0n) is 26.8. The third kappa shape index (κ3) is 6.13. The highest BCUT2D eigenvalue weighted by Gasteiger charge is 2.38. The topological polar surface area (TPSA) is 79.7 Å². The van der Waals surface area contributed by atoms with Crippen molar-refractivity contribution in [1.29, 1.82) is 0 Å². The van der Waals surface area contributed by atoms with E-state index in [1.165, 1.54) is 32.7 Å². The van der Waals surface area contributed by atoms with E-state index in [2.05, 4.69) is 24.1 Å². The number of rotatable bonds is 9. The minimum absolute atomic E-state index is 0.0530. The van der Waals surface area contributed by atoms with Gasteiger partial charge >= 0.3 is 0 Å². The van der Waals surface area contributed by atoms with Gasteiger partial charge in [0.05, 0.1) is 16.8 Å². The van der Waals surface area contributed by atoms with Gasteiger partial charge in [0.2, 0.25) is 0 Å². The normalized spacial score (nSPS) is 15.4. The van der Waals surface area contributed by atoms with Crippen LogP contribution in [0.2, 0.25) is 0 Å². The predicted molar refractivity (Wildman–Crippen MR) is 179 cm³/mol. The van der Waals surface area contributed by atoms with Gasteiger partial charge in [-0.1, -0.05) is 20.8 Å². The molecule has 0 atom stereocenters. The van der Waals surface area contributed by atoms with Crippen LogP contribution in [-0.4, -0.2) is 54.1 Å². The Bertz CT molecular complexity index is 1830. The van der Waals surface area contributed by atoms with Crippen LogP contribution in [0, 0.1) is 11.2 Å². The number of carbonyl (C=O) groups is 1. The molecule has 0 unspecified atom stereocenters. The van der Waals surface area contributed by atoms with Crippen LogP contribution in [0.3, 0.4) is 0 Å². The molecule has 0 bridgehead atoms. The molecule has 0 spiro atoms. The van der Waals surface area contributed by atoms with Crippen molar-refractivity contribution in [2.75, 3.05) is 44.0 Å². The highest BCUT2D eigenvalue weighted by Crippen LogP contribution is 2.46. The number of halogens is 1. The number of nitrogens with zero attached hydrogens (tertiary/aromatic N) is 4. The maximum atomic E-state index is 15.4. The van der Waals surface area contributed by atoms with Crippen LogP contribution in [-0.2, 0) is 32.7 Å². The highest BCUT2D eigenvalue weighted by molar-refractivity contribution is 7.14. The molecule has 8 nitrogen and oxygen atoms in total. The summed E-state index contributed by atoms with van der Waals surface area (Å²) in [4.78, 5) is 37.4. The maximum Gasteiger partial charge on any atom is 0.274 e. The maximum absolute atomic E-state index is 15.4. The minimum Gasteiger partial charge on any atom is -0.491 e. The van der Waals surface area contributed by atoms with Crippen LogP contribution in [0.1, 0.15) is 52.0 Å². The van der Waals surface area contributed by atoms with Crippen molar-refractivity contribution < 1.29 is 13.9 Å². The van der Waals surface area contributed by atoms with Gasteiger partial charge in [-0.2, -0.15) is 0 Å². The van der Waals surface area contributed by atoms with Crippen LogP contribution in [0.5, 0.6) is 5.75 Å². The fourth-order valence-electron chi connectivity index (χ4n) is 6.45. The summed E-state index contributed by atoms with van der Waals surface area (Å²) in [6.45, 7) is 8.39. The monoisotopic (exact) mass is 629 g/mol. The molecule has 0 fully saturated rings. The van der Waals surface area contributed by atoms with Gasteiger partial charge in [-0.15, -0.1) is 11.3 Å². The van der Waals surface area contributed by atoms with Gasteiger partial charge in [0.25, 0.3) is 11.5 Å². The lowest BCUT2D eigenvalue weighted by atomic mass is 9.89. The van der Waals surface area contributed by atoms with Gasteiger partial charge < -0.3 is 24.4 Å². The lowest BCUT2D eigenvalue weighted by molar-refractivity contribution is 0.0984. The van der Waals surface area contributed by atoms with Crippen LogP contribution in [0.15, 0.2) is 47.5 Å². The van der Waals surface area contributed by atoms with E-state index < -0.39 is 5.82 Å². The van der Waals surface area contributed by atoms with E-state index in [0.29, 0.717) is 53.6 Å². The minimum atomic E-state index is -0.430. The first kappa shape index (κ1) is 31.0. The average Bonchev–Trinajstić information content (AvgIpc) is 3.48. The SMILES string of the molecule is CCc1c(-c2cc(Nc3ccc(OCCN(C)C)cn3)c(=O)n(C)c2)cc(F)cc1N1CCc2c(sc3c2CC(C)(C)C3)C1=O. The van der Waals surface area contributed by atoms with Gasteiger partial charge in [-0.05, 0) is 97.8 Å². The van der Waals surface area contributed by atoms with Gasteiger partial charge in [0.15, 0.2) is 0 Å². The number of amides is 1. The number of hydrogen-bond donors (Lipinski definition) is 1. The van der Waals surface area contributed by atoms with Crippen LogP contribution in [0.25, 0.3) is 11.1 Å². The Labute approximate surface area is 267 Å². The van der Waals surface area contributed by atoms with Crippen molar-refractivity contribution in [1.82, 2.24) is 14.5 Å². The second kappa shape index (κ2) is 12.1. The second-order valence-corrected chi connectivity index (χ2v) is 14.2. The molecular weight excluding hydrogens is 589 g/mol. The molecule has 1 N–H and O–H groups in total. The standard InChI is InChI=1S/C35H40FN5O3S/c1-7-24-26(21-14-28(33(42)40(6)20-21)38-31-9-8-23(19-37-31)44-13-12-39(4)5)15-22(36)16-29(24)41-11-10-25-27-17-35(2,3)18-30(27)45-32(25)34(41)43/h8-9,14-16,19-20H,7,10-13,17-18H2,1-6H3,(H,37,38). The first-order valence-corrected chi connectivity index (χ1v) is 16.2. The molecule has 45 heavy (non-hydrogen) atoms. The predicted octanol–water partition coefficient (Wildman–Crippen LogP) is 6.22. The van der Waals surface area contributed by atoms with Gasteiger partial charge in [-0.25, -0.2) is 9.37 Å². The average molecular weight is 630 g/mol. The molecule has 0 saturated carbocycles. The summed E-state index contributed by atoms with van der Waals surface area (Å²) in [7, 11) is 5.63. The molecule has 2 aliphatic rings. The molecule has 6 rings (SSSR count). The van der Waals surface area contributed by atoms with Crippen molar-refractivity contribution in [2.24, 2.45) is 12.5 Å². The molecule has 4 heterocycles. The van der Waals surface area contributed by atoms with Crippen molar-refractivity contribution in [3.8, 4) is 16.9 Å². The molecule has 1 aliphatic carbocycles. The number of hydrogen-bond acceptors (Lipinski definition) is 7. The third-order valence-electron chi connectivity index (χ3n) is 8.66. The van der Waals surface area contributed by atoms with Crippen molar-refractivity contribution in [3.63, 3.8) is 0 Å². The Balaban J connectivity index is 1.31. The number of likely N-dealkylation sites (N-methyl/N-ethyl adjacent to an activating group) is 1. The number of ether oxygens (including phenoxy) is 1. The number of benzene rings is 1. The zero-order valence-corrected chi connectivity index (χ0v) is 27.6. The smallest absolute Gasteiger partial charge is 0.274 e. The number of anilines is 3. The van der Waals surface area contributed by atoms with E-state index in [0.717, 1.165) is 36.2 Å². The Kier molecular flexibility index (Phi) is 8.30. The van der Waals surface area contributed by atoms with Crippen molar-refractivity contribution in [2.45, 2.75) is 46.5 Å². The van der Waals surface area contributed by atoms with Gasteiger partial charge in [0.1, 0.15) is 29.7 Å². The largest absolute Gasteiger partial charge is 0.491 e. The number of fused-ring (bicyclic) bond motifs is 3. The Morgan fingerprint density at radius 2 is 1.93 bits per heavy atom. The third-order valence-corrected chi connectivity index (χ3v) is 9.92. The lowest BCUT2D eigenvalue weighted by Gasteiger charge is -2.30. The molecule has 1 aliphatic heterocycles. The Morgan fingerprint density at radius 1 is 1.13 bits per heavy atom. The van der Waals surface area contributed by atoms with Gasteiger partial charge in [0, 0.05) is 36.8 Å². The fourth-order valence-corrected chi connectivity index (χ4v) is 8.03. The number of nitrogens with one attached hydrogen (secondary N) is 1. The molecule has 236 valence electrons. The van der Waals surface area contributed by atoms with Crippen molar-refractivity contribution in [3.05, 3.63) is 85.3 Å². The summed E-state index contributed by atoms with van der Waals surface area (Å²) in [5.74, 6) is 0.643. The lowest BCUT2D eigenvalue weighted by Crippen LogP contribution is -2.38. The van der Waals surface area contributed by atoms with E-state index in [9.17, 15) is 9.59 Å². The number of aryl methyl sites for hydroxylation is 1. The van der Waals surface area contributed by atoms with E-state index in [1.54, 1.807) is 53.9 Å². The second-order valence-electron chi connectivity index (χ2n) is 13.1. The number of carbonyl (C=O) groups excluding carboxylic acids is 1. The number of pyridine rings is 2. The summed E-state index contributed by atoms with van der Waals surface area (Å²) < 4.78 is 22.6. The molecule has 0 saturated heterocycles. The fraction of sp³-hybridized carbons (Fsp3) is 0.400. The molecule has 10 heteroatoms. The first-order valence-electron chi connectivity index (χ1n) is 15.4. The summed E-state index contributed by atoms with van der Waals surface area (Å²) >= 11 is 1.62. The van der Waals surface area contributed by atoms with Crippen LogP contribution in [0.4, 0.5) is 21.6 Å². The summed E-state index contributed by atoms with van der Waals surface area (Å²) in [6.07, 6.45) is 6.66. The van der Waals surface area contributed by atoms with E-state index in [1.807, 2.05) is 25.9 Å². The summed E-state index contributed by atoms with van der Waals surface area (Å²) in [5, 5.41) is 3.13. The number of thiophene rings is 1. The van der Waals surface area contributed by atoms with Crippen molar-refractivity contribution >= 4 is 34.4 Å². The zero-order chi connectivity index (χ0) is 32.0. The molecule has 4 aromatic rings. The molecular formula is C35H40FN5O3S. The Morgan fingerprint density at radius 3 is 2.64 bits per heavy atom. The van der Waals surface area contributed by atoms with Crippen LogP contribution < -0.4 is 20.5 Å². The highest BCUT2D eigenvalue weighted by atomic mass is 32.1. The van der Waals surface area contributed by atoms with Gasteiger partial charge in [-0.3, -0.25) is 9.59 Å². The number of aromatic nitrogens is 2. The Hall–Kier alpha value is -4.02. The molecule has 0 radical (unpaired) electrons. The van der Waals surface area contributed by atoms with E-state index in [-0.39, 0.29) is 16.9 Å². The molecule has 1 aromatic carbocycles. The van der Waals surface area contributed by atoms with Crippen LogP contribution >= 0.6 is 11.3 Å². The quantitative estimate of drug-likeness (QED) is 0.237. The van der Waals surface area contributed by atoms with E-state index in [4.69, 9.17) is 4.74 Å². The summed E-state index contributed by atoms with van der Waals surface area (Å²) in [5.41, 5.74) is 5.61. The van der Waals surface area contributed by atoms with E-state index >= 15 is 4.39 Å². The first-order chi connectivity index (χ1) is 21.4. The summed E-state index contributed by atoms with van der Waals surface area (Å²) in [6, 6.07) is 8.25.